The number of carbonyl (C=O) groups excluding carboxylic acids is 1. The third-order valence-electron chi connectivity index (χ3n) is 3.94. The second-order valence-corrected chi connectivity index (χ2v) is 7.17. The van der Waals surface area contributed by atoms with Crippen molar-refractivity contribution in [1.82, 2.24) is 30.4 Å². The Balaban J connectivity index is 1.40. The molecule has 1 saturated heterocycles. The largest absolute Gasteiger partial charge is 0.379 e. The highest BCUT2D eigenvalue weighted by molar-refractivity contribution is 7.15. The summed E-state index contributed by atoms with van der Waals surface area (Å²) in [6.07, 6.45) is 6.40. The average molecular weight is 377 g/mol. The Morgan fingerprint density at radius 3 is 2.96 bits per heavy atom. The summed E-state index contributed by atoms with van der Waals surface area (Å²) in [4.78, 5) is 22.7. The highest BCUT2D eigenvalue weighted by Gasteiger charge is 2.14. The van der Waals surface area contributed by atoms with Gasteiger partial charge in [-0.25, -0.2) is 4.79 Å². The molecule has 2 aromatic rings. The Bertz CT molecular complexity index is 691. The predicted octanol–water partition coefficient (Wildman–Crippen LogP) is 0.955. The molecule has 140 valence electrons. The number of morpholine rings is 1. The SMILES string of the molecule is CC(Cc1cnccn1)NC(=O)Nc1nnc(CCN2CCOCC2)s1. The second-order valence-electron chi connectivity index (χ2n) is 6.11. The van der Waals surface area contributed by atoms with Gasteiger partial charge in [0.15, 0.2) is 0 Å². The van der Waals surface area contributed by atoms with Crippen LogP contribution in [0.3, 0.4) is 0 Å². The molecule has 0 radical (unpaired) electrons. The Hall–Kier alpha value is -2.17. The fourth-order valence-corrected chi connectivity index (χ4v) is 3.36. The van der Waals surface area contributed by atoms with Gasteiger partial charge in [-0.2, -0.15) is 0 Å². The van der Waals surface area contributed by atoms with Crippen molar-refractivity contribution in [2.24, 2.45) is 0 Å². The van der Waals surface area contributed by atoms with Crippen LogP contribution >= 0.6 is 11.3 Å². The maximum Gasteiger partial charge on any atom is 0.321 e. The number of amides is 2. The first-order valence-corrected chi connectivity index (χ1v) is 9.45. The molecule has 9 nitrogen and oxygen atoms in total. The maximum absolute atomic E-state index is 12.1. The van der Waals surface area contributed by atoms with Gasteiger partial charge in [0.2, 0.25) is 5.13 Å². The fraction of sp³-hybridized carbons (Fsp3) is 0.562. The lowest BCUT2D eigenvalue weighted by molar-refractivity contribution is 0.0384. The molecule has 1 aliphatic heterocycles. The summed E-state index contributed by atoms with van der Waals surface area (Å²) in [5, 5.41) is 15.2. The molecule has 1 atom stereocenters. The quantitative estimate of drug-likeness (QED) is 0.740. The molecular weight excluding hydrogens is 354 g/mol. The van der Waals surface area contributed by atoms with Crippen molar-refractivity contribution in [2.75, 3.05) is 38.2 Å². The zero-order valence-electron chi connectivity index (χ0n) is 14.7. The van der Waals surface area contributed by atoms with E-state index in [-0.39, 0.29) is 12.1 Å². The van der Waals surface area contributed by atoms with E-state index in [2.05, 4.69) is 35.7 Å². The van der Waals surface area contributed by atoms with Crippen LogP contribution in [0.1, 0.15) is 17.6 Å². The van der Waals surface area contributed by atoms with Crippen LogP contribution in [0.15, 0.2) is 18.6 Å². The lowest BCUT2D eigenvalue weighted by Crippen LogP contribution is -2.37. The van der Waals surface area contributed by atoms with Crippen molar-refractivity contribution in [2.45, 2.75) is 25.8 Å². The molecule has 2 aromatic heterocycles. The van der Waals surface area contributed by atoms with E-state index < -0.39 is 0 Å². The van der Waals surface area contributed by atoms with Gasteiger partial charge in [0, 0.05) is 57.1 Å². The van der Waals surface area contributed by atoms with Crippen LogP contribution in [-0.4, -0.2) is 70.0 Å². The zero-order valence-corrected chi connectivity index (χ0v) is 15.5. The average Bonchev–Trinajstić information content (AvgIpc) is 3.08. The van der Waals surface area contributed by atoms with Gasteiger partial charge >= 0.3 is 6.03 Å². The van der Waals surface area contributed by atoms with E-state index in [0.29, 0.717) is 11.6 Å². The highest BCUT2D eigenvalue weighted by atomic mass is 32.1. The molecular formula is C16H23N7O2S. The van der Waals surface area contributed by atoms with Crippen LogP contribution in [0.5, 0.6) is 0 Å². The summed E-state index contributed by atoms with van der Waals surface area (Å²) in [6, 6.07) is -0.363. The van der Waals surface area contributed by atoms with Gasteiger partial charge in [-0.1, -0.05) is 11.3 Å². The number of rotatable bonds is 7. The maximum atomic E-state index is 12.1. The first-order valence-electron chi connectivity index (χ1n) is 8.64. The number of aromatic nitrogens is 4. The van der Waals surface area contributed by atoms with Crippen LogP contribution in [-0.2, 0) is 17.6 Å². The molecule has 2 amide bonds. The van der Waals surface area contributed by atoms with E-state index in [1.165, 1.54) is 11.3 Å². The van der Waals surface area contributed by atoms with Gasteiger partial charge in [0.1, 0.15) is 5.01 Å². The number of anilines is 1. The zero-order chi connectivity index (χ0) is 18.2. The van der Waals surface area contributed by atoms with Crippen LogP contribution < -0.4 is 10.6 Å². The first kappa shape index (κ1) is 18.6. The number of hydrogen-bond acceptors (Lipinski definition) is 8. The third-order valence-corrected chi connectivity index (χ3v) is 4.84. The number of urea groups is 1. The summed E-state index contributed by atoms with van der Waals surface area (Å²) in [7, 11) is 0. The normalized spacial score (nSPS) is 16.2. The van der Waals surface area contributed by atoms with Crippen LogP contribution in [0.4, 0.5) is 9.93 Å². The number of hydrogen-bond donors (Lipinski definition) is 2. The molecule has 0 saturated carbocycles. The molecule has 1 unspecified atom stereocenters. The molecule has 0 aromatic carbocycles. The monoisotopic (exact) mass is 377 g/mol. The Labute approximate surface area is 156 Å². The lowest BCUT2D eigenvalue weighted by atomic mass is 10.2. The van der Waals surface area contributed by atoms with E-state index in [0.717, 1.165) is 50.0 Å². The minimum atomic E-state index is -0.294. The molecule has 1 fully saturated rings. The van der Waals surface area contributed by atoms with Crippen molar-refractivity contribution in [1.29, 1.82) is 0 Å². The minimum Gasteiger partial charge on any atom is -0.379 e. The van der Waals surface area contributed by atoms with Gasteiger partial charge in [-0.05, 0) is 6.92 Å². The number of carbonyl (C=O) groups is 1. The summed E-state index contributed by atoms with van der Waals surface area (Å²) in [6.45, 7) is 6.33. The number of nitrogens with one attached hydrogen (secondary N) is 2. The smallest absolute Gasteiger partial charge is 0.321 e. The Morgan fingerprint density at radius 2 is 2.19 bits per heavy atom. The molecule has 0 bridgehead atoms. The summed E-state index contributed by atoms with van der Waals surface area (Å²) >= 11 is 1.41. The lowest BCUT2D eigenvalue weighted by Gasteiger charge is -2.25. The predicted molar refractivity (Wildman–Crippen MR) is 98.2 cm³/mol. The van der Waals surface area contributed by atoms with Gasteiger partial charge in [-0.15, -0.1) is 10.2 Å². The summed E-state index contributed by atoms with van der Waals surface area (Å²) in [5.74, 6) is 0. The van der Waals surface area contributed by atoms with E-state index in [4.69, 9.17) is 4.74 Å². The minimum absolute atomic E-state index is 0.0691. The van der Waals surface area contributed by atoms with E-state index in [9.17, 15) is 4.79 Å². The van der Waals surface area contributed by atoms with E-state index in [1.54, 1.807) is 18.6 Å². The first-order chi connectivity index (χ1) is 12.7. The van der Waals surface area contributed by atoms with Crippen molar-refractivity contribution in [3.05, 3.63) is 29.3 Å². The highest BCUT2D eigenvalue weighted by Crippen LogP contribution is 2.16. The molecule has 1 aliphatic rings. The van der Waals surface area contributed by atoms with Crippen molar-refractivity contribution in [3.63, 3.8) is 0 Å². The molecule has 3 heterocycles. The van der Waals surface area contributed by atoms with Crippen LogP contribution in [0.25, 0.3) is 0 Å². The van der Waals surface area contributed by atoms with Crippen molar-refractivity contribution < 1.29 is 9.53 Å². The topological polar surface area (TPSA) is 105 Å². The van der Waals surface area contributed by atoms with E-state index >= 15 is 0 Å². The molecule has 0 aliphatic carbocycles. The van der Waals surface area contributed by atoms with Gasteiger partial charge in [0.25, 0.3) is 0 Å². The molecule has 3 rings (SSSR count). The second kappa shape index (κ2) is 9.51. The van der Waals surface area contributed by atoms with Crippen molar-refractivity contribution >= 4 is 22.5 Å². The molecule has 26 heavy (non-hydrogen) atoms. The molecule has 2 N–H and O–H groups in total. The Kier molecular flexibility index (Phi) is 6.81. The Morgan fingerprint density at radius 1 is 1.35 bits per heavy atom. The van der Waals surface area contributed by atoms with Crippen molar-refractivity contribution in [3.8, 4) is 0 Å². The van der Waals surface area contributed by atoms with Gasteiger partial charge < -0.3 is 10.1 Å². The van der Waals surface area contributed by atoms with Crippen LogP contribution in [0, 0.1) is 0 Å². The number of nitrogens with zero attached hydrogens (tertiary/aromatic N) is 5. The third kappa shape index (κ3) is 5.97. The summed E-state index contributed by atoms with van der Waals surface area (Å²) < 4.78 is 5.34. The standard InChI is InChI=1S/C16H23N7O2S/c1-12(10-13-11-17-3-4-18-13)19-15(24)20-16-22-21-14(26-16)2-5-23-6-8-25-9-7-23/h3-4,11-12H,2,5-10H2,1H3,(H2,19,20,22,24). The number of ether oxygens (including phenoxy) is 1. The van der Waals surface area contributed by atoms with Gasteiger partial charge in [-0.3, -0.25) is 20.2 Å². The fourth-order valence-electron chi connectivity index (χ4n) is 2.64. The molecule has 0 spiro atoms. The van der Waals surface area contributed by atoms with Crippen LogP contribution in [0.2, 0.25) is 0 Å². The van der Waals surface area contributed by atoms with Gasteiger partial charge in [0.05, 0.1) is 18.9 Å². The summed E-state index contributed by atoms with van der Waals surface area (Å²) in [5.41, 5.74) is 0.835. The van der Waals surface area contributed by atoms with E-state index in [1.807, 2.05) is 6.92 Å². The molecule has 10 heteroatoms.